The summed E-state index contributed by atoms with van der Waals surface area (Å²) in [6, 6.07) is 5.96. The number of hydrogen-bond acceptors (Lipinski definition) is 2. The third kappa shape index (κ3) is 1.48. The Balaban J connectivity index is 2.42. The van der Waals surface area contributed by atoms with Crippen LogP contribution in [0.3, 0.4) is 0 Å². The maximum atomic E-state index is 5.78. The van der Waals surface area contributed by atoms with E-state index < -0.39 is 0 Å². The van der Waals surface area contributed by atoms with Gasteiger partial charge < -0.3 is 9.47 Å². The fourth-order valence-corrected chi connectivity index (χ4v) is 1.46. The van der Waals surface area contributed by atoms with Crippen molar-refractivity contribution in [3.8, 4) is 11.5 Å². The fourth-order valence-electron chi connectivity index (χ4n) is 1.46. The van der Waals surface area contributed by atoms with Gasteiger partial charge in [0.15, 0.2) is 11.5 Å². The molecule has 2 nitrogen and oxygen atoms in total. The van der Waals surface area contributed by atoms with Gasteiger partial charge >= 0.3 is 0 Å². The smallest absolute Gasteiger partial charge is 0.164 e. The standard InChI is InChI=1S/C11H14O2/c1-8-5-4-6-9-10(8)12-7-11(2,3)13-9/h4-6H,7H2,1-3H3. The summed E-state index contributed by atoms with van der Waals surface area (Å²) >= 11 is 0. The molecular formula is C11H14O2. The number of aryl methyl sites for hydroxylation is 1. The molecule has 70 valence electrons. The van der Waals surface area contributed by atoms with E-state index in [0.717, 1.165) is 17.1 Å². The number of fused-ring (bicyclic) bond motifs is 1. The van der Waals surface area contributed by atoms with Gasteiger partial charge in [-0.25, -0.2) is 0 Å². The van der Waals surface area contributed by atoms with Crippen molar-refractivity contribution < 1.29 is 9.47 Å². The molecule has 0 bridgehead atoms. The first-order chi connectivity index (χ1) is 6.08. The molecule has 0 saturated heterocycles. The number of rotatable bonds is 0. The second kappa shape index (κ2) is 2.66. The van der Waals surface area contributed by atoms with E-state index in [2.05, 4.69) is 0 Å². The molecule has 1 aliphatic rings. The number of ether oxygens (including phenoxy) is 2. The normalized spacial score (nSPS) is 18.4. The van der Waals surface area contributed by atoms with Gasteiger partial charge in [0, 0.05) is 0 Å². The minimum atomic E-state index is -0.208. The van der Waals surface area contributed by atoms with E-state index in [1.807, 2.05) is 39.0 Å². The zero-order valence-corrected chi connectivity index (χ0v) is 8.26. The third-order valence-electron chi connectivity index (χ3n) is 2.13. The van der Waals surface area contributed by atoms with Crippen LogP contribution in [-0.2, 0) is 0 Å². The molecule has 0 atom stereocenters. The first-order valence-electron chi connectivity index (χ1n) is 4.50. The molecule has 2 rings (SSSR count). The number of benzene rings is 1. The molecule has 0 spiro atoms. The van der Waals surface area contributed by atoms with Crippen molar-refractivity contribution in [2.24, 2.45) is 0 Å². The lowest BCUT2D eigenvalue weighted by molar-refractivity contribution is 0.0208. The van der Waals surface area contributed by atoms with Crippen LogP contribution in [0.2, 0.25) is 0 Å². The molecule has 0 aliphatic carbocycles. The van der Waals surface area contributed by atoms with Crippen molar-refractivity contribution in [1.29, 1.82) is 0 Å². The number of hydrogen-bond donors (Lipinski definition) is 0. The molecule has 0 aromatic heterocycles. The first kappa shape index (κ1) is 8.42. The van der Waals surface area contributed by atoms with Crippen molar-refractivity contribution in [3.05, 3.63) is 23.8 Å². The van der Waals surface area contributed by atoms with E-state index in [0.29, 0.717) is 6.61 Å². The van der Waals surface area contributed by atoms with Crippen LogP contribution in [0.25, 0.3) is 0 Å². The van der Waals surface area contributed by atoms with Gasteiger partial charge in [-0.1, -0.05) is 12.1 Å². The summed E-state index contributed by atoms with van der Waals surface area (Å²) in [4.78, 5) is 0. The molecule has 2 heteroatoms. The molecule has 0 unspecified atom stereocenters. The molecule has 0 radical (unpaired) electrons. The van der Waals surface area contributed by atoms with E-state index in [-0.39, 0.29) is 5.60 Å². The van der Waals surface area contributed by atoms with Crippen LogP contribution in [0.5, 0.6) is 11.5 Å². The van der Waals surface area contributed by atoms with Gasteiger partial charge in [0.1, 0.15) is 12.2 Å². The summed E-state index contributed by atoms with van der Waals surface area (Å²) in [6.45, 7) is 6.70. The SMILES string of the molecule is Cc1cccc2c1OCC(C)(C)O2. The molecule has 0 amide bonds. The lowest BCUT2D eigenvalue weighted by Crippen LogP contribution is -2.38. The Morgan fingerprint density at radius 2 is 2.08 bits per heavy atom. The van der Waals surface area contributed by atoms with Crippen molar-refractivity contribution in [1.82, 2.24) is 0 Å². The second-order valence-electron chi connectivity index (χ2n) is 4.05. The predicted molar refractivity (Wildman–Crippen MR) is 51.4 cm³/mol. The first-order valence-corrected chi connectivity index (χ1v) is 4.50. The average molecular weight is 178 g/mol. The molecular weight excluding hydrogens is 164 g/mol. The number of para-hydroxylation sites is 1. The summed E-state index contributed by atoms with van der Waals surface area (Å²) in [7, 11) is 0. The van der Waals surface area contributed by atoms with Crippen molar-refractivity contribution in [2.75, 3.05) is 6.61 Å². The van der Waals surface area contributed by atoms with Gasteiger partial charge in [-0.3, -0.25) is 0 Å². The summed E-state index contributed by atoms with van der Waals surface area (Å²) in [5.41, 5.74) is 0.925. The highest BCUT2D eigenvalue weighted by atomic mass is 16.6. The fraction of sp³-hybridized carbons (Fsp3) is 0.455. The van der Waals surface area contributed by atoms with Gasteiger partial charge in [-0.2, -0.15) is 0 Å². The van der Waals surface area contributed by atoms with Crippen LogP contribution in [0.1, 0.15) is 19.4 Å². The Bertz CT molecular complexity index is 329. The van der Waals surface area contributed by atoms with Gasteiger partial charge in [-0.05, 0) is 32.4 Å². The van der Waals surface area contributed by atoms with Gasteiger partial charge in [0.25, 0.3) is 0 Å². The molecule has 1 aromatic rings. The molecule has 1 heterocycles. The molecule has 0 N–H and O–H groups in total. The van der Waals surface area contributed by atoms with Crippen LogP contribution >= 0.6 is 0 Å². The summed E-state index contributed by atoms with van der Waals surface area (Å²) in [5, 5.41) is 0. The molecule has 1 aromatic carbocycles. The lowest BCUT2D eigenvalue weighted by Gasteiger charge is -2.33. The Morgan fingerprint density at radius 3 is 2.85 bits per heavy atom. The molecule has 1 aliphatic heterocycles. The van der Waals surface area contributed by atoms with Crippen LogP contribution in [0.15, 0.2) is 18.2 Å². The van der Waals surface area contributed by atoms with Crippen LogP contribution < -0.4 is 9.47 Å². The molecule has 0 saturated carbocycles. The maximum Gasteiger partial charge on any atom is 0.164 e. The largest absolute Gasteiger partial charge is 0.485 e. The van der Waals surface area contributed by atoms with Gasteiger partial charge in [0.2, 0.25) is 0 Å². The minimum Gasteiger partial charge on any atom is -0.485 e. The highest BCUT2D eigenvalue weighted by Crippen LogP contribution is 2.37. The topological polar surface area (TPSA) is 18.5 Å². The minimum absolute atomic E-state index is 0.208. The molecule has 13 heavy (non-hydrogen) atoms. The van der Waals surface area contributed by atoms with Crippen LogP contribution in [0, 0.1) is 6.92 Å². The lowest BCUT2D eigenvalue weighted by atomic mass is 10.1. The monoisotopic (exact) mass is 178 g/mol. The van der Waals surface area contributed by atoms with E-state index >= 15 is 0 Å². The Morgan fingerprint density at radius 1 is 1.31 bits per heavy atom. The molecule has 0 fully saturated rings. The Labute approximate surface area is 78.5 Å². The van der Waals surface area contributed by atoms with E-state index in [1.165, 1.54) is 0 Å². The third-order valence-corrected chi connectivity index (χ3v) is 2.13. The predicted octanol–water partition coefficient (Wildman–Crippen LogP) is 2.54. The Hall–Kier alpha value is -1.18. The van der Waals surface area contributed by atoms with Gasteiger partial charge in [-0.15, -0.1) is 0 Å². The zero-order valence-electron chi connectivity index (χ0n) is 8.26. The van der Waals surface area contributed by atoms with Gasteiger partial charge in [0.05, 0.1) is 0 Å². The summed E-state index contributed by atoms with van der Waals surface area (Å²) in [5.74, 6) is 1.75. The summed E-state index contributed by atoms with van der Waals surface area (Å²) < 4.78 is 11.4. The maximum absolute atomic E-state index is 5.78. The van der Waals surface area contributed by atoms with Crippen LogP contribution in [0.4, 0.5) is 0 Å². The average Bonchev–Trinajstić information content (AvgIpc) is 2.02. The van der Waals surface area contributed by atoms with E-state index in [4.69, 9.17) is 9.47 Å². The van der Waals surface area contributed by atoms with Crippen LogP contribution in [-0.4, -0.2) is 12.2 Å². The van der Waals surface area contributed by atoms with Crippen molar-refractivity contribution in [2.45, 2.75) is 26.4 Å². The van der Waals surface area contributed by atoms with Crippen molar-refractivity contribution in [3.63, 3.8) is 0 Å². The summed E-state index contributed by atoms with van der Waals surface area (Å²) in [6.07, 6.45) is 0. The quantitative estimate of drug-likeness (QED) is 0.607. The zero-order chi connectivity index (χ0) is 9.47. The highest BCUT2D eigenvalue weighted by Gasteiger charge is 2.28. The highest BCUT2D eigenvalue weighted by molar-refractivity contribution is 5.47. The van der Waals surface area contributed by atoms with Crippen molar-refractivity contribution >= 4 is 0 Å². The Kier molecular flexibility index (Phi) is 1.72. The second-order valence-corrected chi connectivity index (χ2v) is 4.05. The van der Waals surface area contributed by atoms with E-state index in [9.17, 15) is 0 Å². The van der Waals surface area contributed by atoms with E-state index in [1.54, 1.807) is 0 Å².